The Morgan fingerprint density at radius 3 is 2.84 bits per heavy atom. The van der Waals surface area contributed by atoms with Crippen LogP contribution in [0.5, 0.6) is 0 Å². The second kappa shape index (κ2) is 7.43. The lowest BCUT2D eigenvalue weighted by Gasteiger charge is -2.27. The molecule has 0 amide bonds. The largest absolute Gasteiger partial charge is 0.379 e. The van der Waals surface area contributed by atoms with E-state index in [4.69, 9.17) is 10.5 Å². The van der Waals surface area contributed by atoms with Gasteiger partial charge < -0.3 is 15.5 Å². The van der Waals surface area contributed by atoms with E-state index in [1.807, 2.05) is 6.07 Å². The third kappa shape index (κ3) is 4.16. The normalized spacial score (nSPS) is 16.7. The average Bonchev–Trinajstić information content (AvgIpc) is 2.43. The van der Waals surface area contributed by atoms with Gasteiger partial charge in [0.05, 0.1) is 13.2 Å². The first kappa shape index (κ1) is 14.2. The summed E-state index contributed by atoms with van der Waals surface area (Å²) >= 11 is 0. The summed E-state index contributed by atoms with van der Waals surface area (Å²) in [6.45, 7) is 4.97. The molecule has 1 fully saturated rings. The van der Waals surface area contributed by atoms with Crippen LogP contribution in [0.15, 0.2) is 17.1 Å². The fourth-order valence-corrected chi connectivity index (χ4v) is 2.42. The molecule has 1 aliphatic rings. The topological polar surface area (TPSA) is 71.3 Å². The van der Waals surface area contributed by atoms with E-state index in [2.05, 4.69) is 9.88 Å². The molecule has 1 aliphatic heterocycles. The molecule has 1 aromatic heterocycles. The van der Waals surface area contributed by atoms with Gasteiger partial charge in [0, 0.05) is 31.4 Å². The van der Waals surface area contributed by atoms with Crippen LogP contribution in [0.3, 0.4) is 0 Å². The number of hydrogen-bond acceptors (Lipinski definition) is 4. The number of ether oxygens (including phenoxy) is 1. The number of nitrogens with two attached hydrogens (primary N) is 1. The molecule has 106 valence electrons. The van der Waals surface area contributed by atoms with Crippen LogP contribution in [0.1, 0.15) is 24.0 Å². The zero-order valence-electron chi connectivity index (χ0n) is 11.4. The number of aromatic amines is 1. The van der Waals surface area contributed by atoms with Crippen LogP contribution in [0.25, 0.3) is 0 Å². The number of H-pyrrole nitrogens is 1. The molecule has 2 rings (SSSR count). The van der Waals surface area contributed by atoms with E-state index in [9.17, 15) is 4.79 Å². The van der Waals surface area contributed by atoms with Gasteiger partial charge in [-0.15, -0.1) is 0 Å². The number of aromatic nitrogens is 1. The molecule has 1 saturated heterocycles. The second-order valence-corrected chi connectivity index (χ2v) is 4.94. The summed E-state index contributed by atoms with van der Waals surface area (Å²) in [5, 5.41) is 0. The van der Waals surface area contributed by atoms with Crippen LogP contribution in [0, 0.1) is 0 Å². The smallest absolute Gasteiger partial charge is 0.251 e. The monoisotopic (exact) mass is 265 g/mol. The molecule has 0 atom stereocenters. The van der Waals surface area contributed by atoms with Crippen molar-refractivity contribution >= 4 is 0 Å². The summed E-state index contributed by atoms with van der Waals surface area (Å²) < 4.78 is 5.35. The van der Waals surface area contributed by atoms with Crippen molar-refractivity contribution in [1.82, 2.24) is 9.88 Å². The molecule has 1 aromatic rings. The third-order valence-electron chi connectivity index (χ3n) is 3.54. The molecular formula is C14H23N3O2. The summed E-state index contributed by atoms with van der Waals surface area (Å²) in [5.41, 5.74) is 7.61. The average molecular weight is 265 g/mol. The Balaban J connectivity index is 2.05. The van der Waals surface area contributed by atoms with Crippen molar-refractivity contribution in [1.29, 1.82) is 0 Å². The van der Waals surface area contributed by atoms with Crippen LogP contribution in [-0.4, -0.2) is 42.7 Å². The van der Waals surface area contributed by atoms with E-state index in [-0.39, 0.29) is 5.56 Å². The number of hydrogen-bond donors (Lipinski definition) is 2. The lowest BCUT2D eigenvalue weighted by Crippen LogP contribution is -2.36. The van der Waals surface area contributed by atoms with Crippen molar-refractivity contribution < 1.29 is 4.74 Å². The van der Waals surface area contributed by atoms with Crippen molar-refractivity contribution in [2.45, 2.75) is 25.8 Å². The maximum atomic E-state index is 11.9. The van der Waals surface area contributed by atoms with Crippen LogP contribution < -0.4 is 11.3 Å². The minimum Gasteiger partial charge on any atom is -0.379 e. The molecule has 0 radical (unpaired) electrons. The minimum absolute atomic E-state index is 0.0442. The van der Waals surface area contributed by atoms with Crippen molar-refractivity contribution in [2.24, 2.45) is 5.73 Å². The minimum atomic E-state index is 0.0442. The molecule has 5 heteroatoms. The van der Waals surface area contributed by atoms with Crippen molar-refractivity contribution in [2.75, 3.05) is 32.8 Å². The first-order valence-corrected chi connectivity index (χ1v) is 7.01. The highest BCUT2D eigenvalue weighted by atomic mass is 16.5. The predicted molar refractivity (Wildman–Crippen MR) is 75.2 cm³/mol. The first-order chi connectivity index (χ1) is 9.31. The fraction of sp³-hybridized carbons (Fsp3) is 0.643. The van der Waals surface area contributed by atoms with Gasteiger partial charge >= 0.3 is 0 Å². The first-order valence-electron chi connectivity index (χ1n) is 7.01. The fourth-order valence-electron chi connectivity index (χ4n) is 2.42. The van der Waals surface area contributed by atoms with E-state index in [0.717, 1.165) is 63.2 Å². The van der Waals surface area contributed by atoms with Gasteiger partial charge in [-0.25, -0.2) is 0 Å². The van der Waals surface area contributed by atoms with E-state index in [0.29, 0.717) is 6.54 Å². The Kier molecular flexibility index (Phi) is 5.57. The number of rotatable bonds is 6. The van der Waals surface area contributed by atoms with Gasteiger partial charge in [-0.1, -0.05) is 0 Å². The number of nitrogens with one attached hydrogen (secondary N) is 1. The molecule has 2 heterocycles. The summed E-state index contributed by atoms with van der Waals surface area (Å²) in [6, 6.07) is 2.02. The van der Waals surface area contributed by atoms with E-state index >= 15 is 0 Å². The van der Waals surface area contributed by atoms with Gasteiger partial charge in [0.15, 0.2) is 0 Å². The van der Waals surface area contributed by atoms with Gasteiger partial charge in [-0.3, -0.25) is 9.69 Å². The summed E-state index contributed by atoms with van der Waals surface area (Å²) in [5.74, 6) is 0. The molecule has 3 N–H and O–H groups in total. The molecular weight excluding hydrogens is 242 g/mol. The summed E-state index contributed by atoms with van der Waals surface area (Å²) in [6.07, 6.45) is 4.49. The zero-order chi connectivity index (χ0) is 13.5. The van der Waals surface area contributed by atoms with E-state index < -0.39 is 0 Å². The number of unbranched alkanes of at least 4 members (excludes halogenated alkanes) is 1. The third-order valence-corrected chi connectivity index (χ3v) is 3.54. The molecule has 0 bridgehead atoms. The molecule has 5 nitrogen and oxygen atoms in total. The lowest BCUT2D eigenvalue weighted by molar-refractivity contribution is 0.0340. The summed E-state index contributed by atoms with van der Waals surface area (Å²) in [4.78, 5) is 17.1. The number of nitrogens with zero attached hydrogens (tertiary/aromatic N) is 1. The van der Waals surface area contributed by atoms with Gasteiger partial charge in [0.2, 0.25) is 0 Å². The van der Waals surface area contributed by atoms with Gasteiger partial charge in [0.1, 0.15) is 0 Å². The Morgan fingerprint density at radius 1 is 1.32 bits per heavy atom. The second-order valence-electron chi connectivity index (χ2n) is 4.94. The Hall–Kier alpha value is -1.17. The highest BCUT2D eigenvalue weighted by Crippen LogP contribution is 2.11. The molecule has 0 aliphatic carbocycles. The Morgan fingerprint density at radius 2 is 2.11 bits per heavy atom. The summed E-state index contributed by atoms with van der Waals surface area (Å²) in [7, 11) is 0. The Bertz CT molecular complexity index is 439. The highest BCUT2D eigenvalue weighted by molar-refractivity contribution is 5.23. The molecule has 19 heavy (non-hydrogen) atoms. The van der Waals surface area contributed by atoms with Crippen molar-refractivity contribution in [3.8, 4) is 0 Å². The van der Waals surface area contributed by atoms with Crippen LogP contribution in [0.2, 0.25) is 0 Å². The van der Waals surface area contributed by atoms with Crippen LogP contribution >= 0.6 is 0 Å². The highest BCUT2D eigenvalue weighted by Gasteiger charge is 2.14. The van der Waals surface area contributed by atoms with Crippen LogP contribution in [-0.2, 0) is 17.7 Å². The quantitative estimate of drug-likeness (QED) is 0.734. The van der Waals surface area contributed by atoms with E-state index in [1.54, 1.807) is 6.20 Å². The predicted octanol–water partition coefficient (Wildman–Crippen LogP) is 0.488. The van der Waals surface area contributed by atoms with Crippen molar-refractivity contribution in [3.05, 3.63) is 33.7 Å². The van der Waals surface area contributed by atoms with Crippen LogP contribution in [0.4, 0.5) is 0 Å². The lowest BCUT2D eigenvalue weighted by atomic mass is 10.0. The zero-order valence-corrected chi connectivity index (χ0v) is 11.4. The molecule has 0 saturated carbocycles. The standard InChI is InChI=1S/C14H23N3O2/c15-5-2-1-3-13-12(4-6-16-14(13)18)11-17-7-9-19-10-8-17/h4,6H,1-3,5,7-11,15H2,(H,16,18). The maximum Gasteiger partial charge on any atom is 0.251 e. The Labute approximate surface area is 113 Å². The van der Waals surface area contributed by atoms with Gasteiger partial charge in [-0.05, 0) is 37.4 Å². The SMILES string of the molecule is NCCCCc1c(CN2CCOCC2)cc[nH]c1=O. The number of morpholine rings is 1. The molecule has 0 spiro atoms. The van der Waals surface area contributed by atoms with Crippen molar-refractivity contribution in [3.63, 3.8) is 0 Å². The molecule has 0 unspecified atom stereocenters. The van der Waals surface area contributed by atoms with E-state index in [1.165, 1.54) is 0 Å². The molecule has 0 aromatic carbocycles. The van der Waals surface area contributed by atoms with Gasteiger partial charge in [0.25, 0.3) is 5.56 Å². The maximum absolute atomic E-state index is 11.9. The number of pyridine rings is 1. The van der Waals surface area contributed by atoms with Gasteiger partial charge in [-0.2, -0.15) is 0 Å².